The summed E-state index contributed by atoms with van der Waals surface area (Å²) in [7, 11) is 0.743. The number of carbonyl (C=O) groups is 1. The predicted molar refractivity (Wildman–Crippen MR) is 103 cm³/mol. The van der Waals surface area contributed by atoms with Crippen molar-refractivity contribution in [2.45, 2.75) is 26.4 Å². The molecule has 0 amide bonds. The van der Waals surface area contributed by atoms with Gasteiger partial charge < -0.3 is 9.94 Å². The molecule has 0 fully saturated rings. The largest absolute Gasteiger partial charge is 0.478 e. The van der Waals surface area contributed by atoms with Crippen LogP contribution in [0.1, 0.15) is 35.5 Å². The summed E-state index contributed by atoms with van der Waals surface area (Å²) in [5.41, 5.74) is -5.94. The first kappa shape index (κ1) is 24.1. The summed E-state index contributed by atoms with van der Waals surface area (Å²) in [4.78, 5) is 41.2. The summed E-state index contributed by atoms with van der Waals surface area (Å²) in [5, 5.41) is 12.5. The number of aromatic nitrogens is 2. The lowest BCUT2D eigenvalue weighted by Crippen LogP contribution is -2.41. The summed E-state index contributed by atoms with van der Waals surface area (Å²) in [6.45, 7) is 3.03. The average molecular weight is 466 g/mol. The monoisotopic (exact) mass is 465 g/mol. The number of carboxylic acids is 1. The van der Waals surface area contributed by atoms with Gasteiger partial charge in [-0.05, 0) is 19.9 Å². The van der Waals surface area contributed by atoms with E-state index in [-0.39, 0.29) is 28.2 Å². The fraction of sp³-hybridized carbons (Fsp3) is 0.333. The van der Waals surface area contributed by atoms with Gasteiger partial charge in [-0.15, -0.1) is 0 Å². The van der Waals surface area contributed by atoms with Gasteiger partial charge in [-0.3, -0.25) is 9.36 Å². The molecule has 0 saturated carbocycles. The first-order chi connectivity index (χ1) is 14.3. The molecule has 0 saturated heterocycles. The Morgan fingerprint density at radius 3 is 2.39 bits per heavy atom. The number of carboxylic acid groups (broad SMARTS) is 1. The molecular formula is C18H16ClF4N3O5. The summed E-state index contributed by atoms with van der Waals surface area (Å²) in [6, 6.07) is 0.714. The Balaban J connectivity index is 2.77. The number of hydrogen-bond donors (Lipinski definition) is 1. The van der Waals surface area contributed by atoms with Crippen LogP contribution in [-0.2, 0) is 24.5 Å². The number of halogens is 5. The minimum Gasteiger partial charge on any atom is -0.478 e. The molecule has 13 heteroatoms. The van der Waals surface area contributed by atoms with Crippen LogP contribution in [0.4, 0.5) is 17.6 Å². The SMILES string of the molecule is CC(C)=NOCCc1c(F)c(-n2c(=O)cc(C(F)(F)F)n(C)c2=O)cc(C(=O)O)c1Cl. The standard InChI is InChI=1S/C18H16ClF4N3O5/c1-8(2)24-31-5-4-9-14(19)10(16(28)29)6-11(15(9)20)26-13(27)7-12(18(21,22)23)25(3)17(26)30/h6-7H,4-5H2,1-3H3,(H,28,29). The molecule has 168 valence electrons. The smallest absolute Gasteiger partial charge is 0.431 e. The van der Waals surface area contributed by atoms with Crippen molar-refractivity contribution < 1.29 is 32.3 Å². The van der Waals surface area contributed by atoms with Crippen molar-refractivity contribution in [3.05, 3.63) is 60.6 Å². The zero-order valence-electron chi connectivity index (χ0n) is 16.4. The average Bonchev–Trinajstić information content (AvgIpc) is 2.64. The molecule has 1 heterocycles. The molecular weight excluding hydrogens is 450 g/mol. The first-order valence-corrected chi connectivity index (χ1v) is 8.93. The Bertz CT molecular complexity index is 1180. The van der Waals surface area contributed by atoms with Crippen LogP contribution in [0.2, 0.25) is 5.02 Å². The van der Waals surface area contributed by atoms with Crippen molar-refractivity contribution in [1.82, 2.24) is 9.13 Å². The van der Waals surface area contributed by atoms with Gasteiger partial charge >= 0.3 is 17.8 Å². The maximum Gasteiger partial charge on any atom is 0.431 e. The van der Waals surface area contributed by atoms with Crippen LogP contribution in [0.15, 0.2) is 26.9 Å². The maximum absolute atomic E-state index is 15.2. The van der Waals surface area contributed by atoms with Crippen LogP contribution in [0.5, 0.6) is 0 Å². The Labute approximate surface area is 176 Å². The molecule has 0 radical (unpaired) electrons. The number of oxime groups is 1. The molecule has 0 spiro atoms. The molecule has 1 N–H and O–H groups in total. The quantitative estimate of drug-likeness (QED) is 0.306. The maximum atomic E-state index is 15.2. The summed E-state index contributed by atoms with van der Waals surface area (Å²) in [6.07, 6.45) is -5.32. The van der Waals surface area contributed by atoms with Gasteiger partial charge in [0, 0.05) is 25.1 Å². The van der Waals surface area contributed by atoms with Crippen molar-refractivity contribution in [1.29, 1.82) is 0 Å². The van der Waals surface area contributed by atoms with Gasteiger partial charge in [-0.25, -0.2) is 18.5 Å². The van der Waals surface area contributed by atoms with Gasteiger partial charge in [0.25, 0.3) is 5.56 Å². The molecule has 2 rings (SSSR count). The molecule has 0 aliphatic carbocycles. The molecule has 8 nitrogen and oxygen atoms in total. The van der Waals surface area contributed by atoms with E-state index in [1.165, 1.54) is 0 Å². The normalized spacial score (nSPS) is 11.4. The van der Waals surface area contributed by atoms with Crippen LogP contribution < -0.4 is 11.2 Å². The highest BCUT2D eigenvalue weighted by Gasteiger charge is 2.35. The second kappa shape index (κ2) is 8.92. The van der Waals surface area contributed by atoms with E-state index in [2.05, 4.69) is 5.16 Å². The number of rotatable bonds is 6. The summed E-state index contributed by atoms with van der Waals surface area (Å²) in [5.74, 6) is -2.86. The van der Waals surface area contributed by atoms with Gasteiger partial charge in [0.15, 0.2) is 5.82 Å². The number of nitrogens with zero attached hydrogens (tertiary/aromatic N) is 3. The first-order valence-electron chi connectivity index (χ1n) is 8.55. The summed E-state index contributed by atoms with van der Waals surface area (Å²) < 4.78 is 54.5. The molecule has 0 aliphatic heterocycles. The lowest BCUT2D eigenvalue weighted by molar-refractivity contribution is -0.144. The van der Waals surface area contributed by atoms with Crippen LogP contribution in [-0.4, -0.2) is 32.5 Å². The number of benzene rings is 1. The van der Waals surface area contributed by atoms with E-state index in [4.69, 9.17) is 16.4 Å². The Kier molecular flexibility index (Phi) is 6.94. The lowest BCUT2D eigenvalue weighted by atomic mass is 10.1. The van der Waals surface area contributed by atoms with Crippen molar-refractivity contribution in [2.24, 2.45) is 12.2 Å². The minimum absolute atomic E-state index is 0.103. The van der Waals surface area contributed by atoms with E-state index >= 15 is 4.39 Å². The number of hydrogen-bond acceptors (Lipinski definition) is 5. The van der Waals surface area contributed by atoms with Crippen LogP contribution in [0.25, 0.3) is 5.69 Å². The predicted octanol–water partition coefficient (Wildman–Crippen LogP) is 3.00. The Hall–Kier alpha value is -3.15. The lowest BCUT2D eigenvalue weighted by Gasteiger charge is -2.17. The highest BCUT2D eigenvalue weighted by Crippen LogP contribution is 2.30. The second-order valence-corrected chi connectivity index (χ2v) is 6.90. The fourth-order valence-corrected chi connectivity index (χ4v) is 2.97. The van der Waals surface area contributed by atoms with Gasteiger partial charge in [-0.2, -0.15) is 13.2 Å². The summed E-state index contributed by atoms with van der Waals surface area (Å²) >= 11 is 5.97. The highest BCUT2D eigenvalue weighted by atomic mass is 35.5. The van der Waals surface area contributed by atoms with Gasteiger partial charge in [-0.1, -0.05) is 16.8 Å². The molecule has 31 heavy (non-hydrogen) atoms. The fourth-order valence-electron chi connectivity index (χ4n) is 2.66. The minimum atomic E-state index is -5.02. The van der Waals surface area contributed by atoms with E-state index in [1.54, 1.807) is 13.8 Å². The Morgan fingerprint density at radius 1 is 1.26 bits per heavy atom. The highest BCUT2D eigenvalue weighted by molar-refractivity contribution is 6.34. The zero-order chi connectivity index (χ0) is 23.7. The third-order valence-electron chi connectivity index (χ3n) is 4.04. The van der Waals surface area contributed by atoms with E-state index < -0.39 is 56.7 Å². The van der Waals surface area contributed by atoms with Crippen molar-refractivity contribution in [3.63, 3.8) is 0 Å². The number of aromatic carboxylic acids is 1. The van der Waals surface area contributed by atoms with Gasteiger partial charge in [0.1, 0.15) is 12.3 Å². The van der Waals surface area contributed by atoms with Crippen molar-refractivity contribution >= 4 is 23.3 Å². The third-order valence-corrected chi connectivity index (χ3v) is 4.48. The molecule has 0 atom stereocenters. The van der Waals surface area contributed by atoms with Gasteiger partial charge in [0.05, 0.1) is 22.0 Å². The van der Waals surface area contributed by atoms with Crippen molar-refractivity contribution in [3.8, 4) is 5.69 Å². The van der Waals surface area contributed by atoms with Crippen molar-refractivity contribution in [2.75, 3.05) is 6.61 Å². The molecule has 0 unspecified atom stereocenters. The van der Waals surface area contributed by atoms with E-state index in [0.717, 1.165) is 7.05 Å². The van der Waals surface area contributed by atoms with E-state index in [9.17, 15) is 32.7 Å². The Morgan fingerprint density at radius 2 is 1.87 bits per heavy atom. The number of alkyl halides is 3. The second-order valence-electron chi connectivity index (χ2n) is 6.52. The molecule has 2 aromatic rings. The third kappa shape index (κ3) is 4.95. The molecule has 0 aliphatic rings. The van der Waals surface area contributed by atoms with E-state index in [0.29, 0.717) is 11.8 Å². The topological polar surface area (TPSA) is 103 Å². The van der Waals surface area contributed by atoms with Crippen LogP contribution >= 0.6 is 11.6 Å². The zero-order valence-corrected chi connectivity index (χ0v) is 17.1. The van der Waals surface area contributed by atoms with Crippen LogP contribution in [0.3, 0.4) is 0 Å². The van der Waals surface area contributed by atoms with Crippen LogP contribution in [0, 0.1) is 5.82 Å². The molecule has 1 aromatic heterocycles. The molecule has 0 bridgehead atoms. The van der Waals surface area contributed by atoms with Gasteiger partial charge in [0.2, 0.25) is 0 Å². The van der Waals surface area contributed by atoms with E-state index in [1.807, 2.05) is 0 Å². The molecule has 1 aromatic carbocycles.